The minimum atomic E-state index is 0. The summed E-state index contributed by atoms with van der Waals surface area (Å²) in [5.41, 5.74) is 0. The van der Waals surface area contributed by atoms with Crippen LogP contribution >= 0.6 is 0 Å². The Balaban J connectivity index is -0.0000000147. The van der Waals surface area contributed by atoms with Gasteiger partial charge in [-0.25, -0.2) is 0 Å². The molecule has 0 aliphatic rings. The van der Waals surface area contributed by atoms with E-state index < -0.39 is 0 Å². The van der Waals surface area contributed by atoms with Gasteiger partial charge in [-0.15, -0.1) is 19.7 Å². The van der Waals surface area contributed by atoms with E-state index in [9.17, 15) is 0 Å². The van der Waals surface area contributed by atoms with E-state index in [2.05, 4.69) is 19.7 Å². The molecule has 0 N–H and O–H groups in total. The van der Waals surface area contributed by atoms with Crippen LogP contribution in [0.2, 0.25) is 0 Å². The zero-order valence-electron chi connectivity index (χ0n) is 5.70. The average Bonchev–Trinajstić information content (AvgIpc) is 1.78. The summed E-state index contributed by atoms with van der Waals surface area (Å²) in [7, 11) is 0. The second-order valence-corrected chi connectivity index (χ2v) is 0.408. The second-order valence-electron chi connectivity index (χ2n) is 0.408. The Morgan fingerprint density at radius 1 is 1.12 bits per heavy atom. The van der Waals surface area contributed by atoms with Crippen molar-refractivity contribution in [3.8, 4) is 0 Å². The van der Waals surface area contributed by atoms with Crippen molar-refractivity contribution in [3.63, 3.8) is 0 Å². The highest BCUT2D eigenvalue weighted by atomic mass is 13.2. The van der Waals surface area contributed by atoms with Crippen molar-refractivity contribution in [2.45, 2.75) is 28.2 Å². The van der Waals surface area contributed by atoms with Crippen molar-refractivity contribution in [3.05, 3.63) is 25.8 Å². The summed E-state index contributed by atoms with van der Waals surface area (Å²) >= 11 is 0. The zero-order valence-corrected chi connectivity index (χ0v) is 5.70. The molecule has 0 aromatic rings. The number of hydrogen-bond donors (Lipinski definition) is 0. The molecule has 0 spiro atoms. The first kappa shape index (κ1) is 25.9. The third kappa shape index (κ3) is 407. The van der Waals surface area contributed by atoms with Gasteiger partial charge >= 0.3 is 0 Å². The van der Waals surface area contributed by atoms with Crippen molar-refractivity contribution in [2.75, 3.05) is 0 Å². The zero-order chi connectivity index (χ0) is 6.71. The van der Waals surface area contributed by atoms with Crippen LogP contribution in [0.4, 0.5) is 0 Å². The molecule has 8 heavy (non-hydrogen) atoms. The summed E-state index contributed by atoms with van der Waals surface area (Å²) in [5, 5.41) is 0. The Labute approximate surface area is 54.9 Å². The molecule has 0 fully saturated rings. The van der Waals surface area contributed by atoms with Gasteiger partial charge in [0.1, 0.15) is 0 Å². The first-order chi connectivity index (χ1) is 3.41. The van der Waals surface area contributed by atoms with Crippen LogP contribution in [-0.4, -0.2) is 0 Å². The Morgan fingerprint density at radius 2 is 1.12 bits per heavy atom. The minimum absolute atomic E-state index is 0. The summed E-state index contributed by atoms with van der Waals surface area (Å²) in [6.45, 7) is 15.2. The van der Waals surface area contributed by atoms with Crippen LogP contribution in [0.3, 0.4) is 0 Å². The summed E-state index contributed by atoms with van der Waals surface area (Å²) in [5.74, 6) is 0. The molecule has 0 aromatic carbocycles. The summed E-state index contributed by atoms with van der Waals surface area (Å²) in [6.07, 6.45) is 1.75. The first-order valence-electron chi connectivity index (χ1n) is 2.49. The monoisotopic (exact) mass is 116 g/mol. The van der Waals surface area contributed by atoms with Gasteiger partial charge in [0.2, 0.25) is 0 Å². The molecule has 0 saturated carbocycles. The molecule has 0 heteroatoms. The molecule has 0 radical (unpaired) electrons. The van der Waals surface area contributed by atoms with Gasteiger partial charge < -0.3 is 0 Å². The SMILES string of the molecule is C.C=C.C=CC.CC. The molecule has 0 aliphatic carbocycles. The predicted molar refractivity (Wildman–Crippen MR) is 45.2 cm³/mol. The third-order valence-electron chi connectivity index (χ3n) is 0. The van der Waals surface area contributed by atoms with Crippen molar-refractivity contribution >= 4 is 0 Å². The van der Waals surface area contributed by atoms with Crippen LogP contribution in [0, 0.1) is 0 Å². The normalized spacial score (nSPS) is 2.88. The van der Waals surface area contributed by atoms with E-state index in [-0.39, 0.29) is 7.43 Å². The highest BCUT2D eigenvalue weighted by Gasteiger charge is 1.15. The lowest BCUT2D eigenvalue weighted by Crippen LogP contribution is -1.07. The van der Waals surface area contributed by atoms with Crippen LogP contribution in [-0.2, 0) is 0 Å². The molecule has 0 aliphatic heterocycles. The summed E-state index contributed by atoms with van der Waals surface area (Å²) in [6, 6.07) is 0. The second kappa shape index (κ2) is 845. The number of rotatable bonds is 0. The topological polar surface area (TPSA) is 0 Å². The molecule has 0 atom stereocenters. The van der Waals surface area contributed by atoms with Gasteiger partial charge in [0.25, 0.3) is 0 Å². The molecule has 0 nitrogen and oxygen atoms in total. The lowest BCUT2D eigenvalue weighted by Gasteiger charge is -1.31. The third-order valence-corrected chi connectivity index (χ3v) is 0. The quantitative estimate of drug-likeness (QED) is 0.424. The Hall–Kier alpha value is -0.520. The fourth-order valence-electron chi connectivity index (χ4n) is 0. The molecule has 0 saturated heterocycles. The Bertz CT molecular complexity index is 14.0. The van der Waals surface area contributed by atoms with Crippen molar-refractivity contribution < 1.29 is 0 Å². The van der Waals surface area contributed by atoms with E-state index in [1.54, 1.807) is 6.08 Å². The standard InChI is InChI=1S/C3H6.C2H6.C2H4.CH4/c1-3-2;2*1-2;/h3H,1H2,2H3;1-2H3;1-2H2;1H4. The van der Waals surface area contributed by atoms with Gasteiger partial charge in [0, 0.05) is 0 Å². The largest absolute Gasteiger partial charge is 0.106 e. The Kier molecular flexibility index (Phi) is 2740. The van der Waals surface area contributed by atoms with E-state index in [1.165, 1.54) is 0 Å². The lowest BCUT2D eigenvalue weighted by atomic mass is 10.8. The molecule has 0 rings (SSSR count). The van der Waals surface area contributed by atoms with Crippen molar-refractivity contribution in [1.29, 1.82) is 0 Å². The molecule has 0 amide bonds. The molecule has 0 unspecified atom stereocenters. The number of allylic oxidation sites excluding steroid dienone is 1. The van der Waals surface area contributed by atoms with Crippen LogP contribution in [0.15, 0.2) is 25.8 Å². The number of hydrogen-bond acceptors (Lipinski definition) is 0. The molecule has 0 bridgehead atoms. The highest BCUT2D eigenvalue weighted by Crippen LogP contribution is 1.38. The van der Waals surface area contributed by atoms with E-state index in [1.807, 2.05) is 20.8 Å². The predicted octanol–water partition coefficient (Wildman–Crippen LogP) is 3.66. The summed E-state index contributed by atoms with van der Waals surface area (Å²) < 4.78 is 0. The fraction of sp³-hybridized carbons (Fsp3) is 0.500. The van der Waals surface area contributed by atoms with Gasteiger partial charge in [0.05, 0.1) is 0 Å². The van der Waals surface area contributed by atoms with Gasteiger partial charge in [-0.3, -0.25) is 0 Å². The molecule has 0 heterocycles. The first-order valence-corrected chi connectivity index (χ1v) is 2.49. The van der Waals surface area contributed by atoms with Crippen molar-refractivity contribution in [1.82, 2.24) is 0 Å². The Morgan fingerprint density at radius 3 is 1.12 bits per heavy atom. The van der Waals surface area contributed by atoms with Crippen LogP contribution in [0.1, 0.15) is 28.2 Å². The van der Waals surface area contributed by atoms with E-state index in [0.29, 0.717) is 0 Å². The fourth-order valence-corrected chi connectivity index (χ4v) is 0. The molecule has 0 aromatic heterocycles. The maximum Gasteiger partial charge on any atom is -0.0473 e. The van der Waals surface area contributed by atoms with E-state index >= 15 is 0 Å². The lowest BCUT2D eigenvalue weighted by molar-refractivity contribution is 1.50. The maximum atomic E-state index is 3.36. The highest BCUT2D eigenvalue weighted by molar-refractivity contribution is 4.51. The maximum absolute atomic E-state index is 3.36. The molecular formula is C8H20. The van der Waals surface area contributed by atoms with Crippen LogP contribution in [0.5, 0.6) is 0 Å². The molecule has 52 valence electrons. The van der Waals surface area contributed by atoms with Crippen LogP contribution < -0.4 is 0 Å². The molecular weight excluding hydrogens is 96.1 g/mol. The van der Waals surface area contributed by atoms with Gasteiger partial charge in [-0.1, -0.05) is 27.4 Å². The minimum Gasteiger partial charge on any atom is -0.106 e. The average molecular weight is 116 g/mol. The van der Waals surface area contributed by atoms with E-state index in [0.717, 1.165) is 0 Å². The van der Waals surface area contributed by atoms with Gasteiger partial charge in [-0.2, -0.15) is 0 Å². The van der Waals surface area contributed by atoms with Gasteiger partial charge in [-0.05, 0) is 6.92 Å². The van der Waals surface area contributed by atoms with Crippen molar-refractivity contribution in [2.24, 2.45) is 0 Å². The van der Waals surface area contributed by atoms with Crippen LogP contribution in [0.25, 0.3) is 0 Å². The van der Waals surface area contributed by atoms with Gasteiger partial charge in [0.15, 0.2) is 0 Å². The smallest absolute Gasteiger partial charge is 0.0473 e. The summed E-state index contributed by atoms with van der Waals surface area (Å²) in [4.78, 5) is 0. The van der Waals surface area contributed by atoms with E-state index in [4.69, 9.17) is 0 Å².